The Morgan fingerprint density at radius 2 is 1.76 bits per heavy atom. The lowest BCUT2D eigenvalue weighted by atomic mass is 10.1. The molecule has 1 heterocycles. The van der Waals surface area contributed by atoms with Crippen LogP contribution in [0, 0.1) is 0 Å². The van der Waals surface area contributed by atoms with Crippen LogP contribution in [-0.4, -0.2) is 44.2 Å². The van der Waals surface area contributed by atoms with Gasteiger partial charge in [0.15, 0.2) is 0 Å². The maximum atomic E-state index is 5.87. The minimum Gasteiger partial charge on any atom is -0.494 e. The zero-order valence-corrected chi connectivity index (χ0v) is 12.6. The van der Waals surface area contributed by atoms with Gasteiger partial charge >= 0.3 is 0 Å². The third-order valence-electron chi connectivity index (χ3n) is 4.07. The average molecular weight is 284 g/mol. The summed E-state index contributed by atoms with van der Waals surface area (Å²) in [6.07, 6.45) is 2.34. The molecule has 0 radical (unpaired) electrons. The number of benzene rings is 2. The topological polar surface area (TPSA) is 24.5 Å². The van der Waals surface area contributed by atoms with Crippen LogP contribution in [0.4, 0.5) is 0 Å². The van der Waals surface area contributed by atoms with Crippen LogP contribution in [-0.2, 0) is 0 Å². The van der Waals surface area contributed by atoms with Crippen LogP contribution in [0.5, 0.6) is 5.75 Å². The number of unbranched alkanes of at least 4 members (excludes halogenated alkanes) is 1. The molecule has 2 aromatic rings. The Labute approximate surface area is 126 Å². The summed E-state index contributed by atoms with van der Waals surface area (Å²) in [6, 6.07) is 14.7. The van der Waals surface area contributed by atoms with Crippen molar-refractivity contribution in [3.05, 3.63) is 42.5 Å². The van der Waals surface area contributed by atoms with Crippen LogP contribution in [0.3, 0.4) is 0 Å². The number of hydrogen-bond acceptors (Lipinski definition) is 3. The number of ether oxygens (including phenoxy) is 1. The van der Waals surface area contributed by atoms with Crippen molar-refractivity contribution in [1.29, 1.82) is 0 Å². The second-order valence-corrected chi connectivity index (χ2v) is 5.66. The zero-order chi connectivity index (χ0) is 14.3. The Hall–Kier alpha value is -1.58. The Kier molecular flexibility index (Phi) is 5.08. The van der Waals surface area contributed by atoms with E-state index < -0.39 is 0 Å². The van der Waals surface area contributed by atoms with Crippen LogP contribution >= 0.6 is 0 Å². The fourth-order valence-corrected chi connectivity index (χ4v) is 2.82. The smallest absolute Gasteiger partial charge is 0.119 e. The van der Waals surface area contributed by atoms with Crippen molar-refractivity contribution in [3.63, 3.8) is 0 Å². The van der Waals surface area contributed by atoms with Gasteiger partial charge in [-0.3, -0.25) is 0 Å². The van der Waals surface area contributed by atoms with E-state index in [1.165, 1.54) is 36.8 Å². The molecule has 3 nitrogen and oxygen atoms in total. The van der Waals surface area contributed by atoms with Crippen LogP contribution in [0.25, 0.3) is 10.8 Å². The standard InChI is InChI=1S/C18H24N2O/c1-2-6-17-15-18(8-7-16(17)5-1)21-14-4-3-11-20-12-9-19-10-13-20/h1-2,5-8,15,19H,3-4,9-14H2. The quantitative estimate of drug-likeness (QED) is 0.826. The summed E-state index contributed by atoms with van der Waals surface area (Å²) < 4.78 is 5.87. The number of piperazine rings is 1. The van der Waals surface area contributed by atoms with Crippen molar-refractivity contribution in [2.45, 2.75) is 12.8 Å². The number of hydrogen-bond donors (Lipinski definition) is 1. The molecule has 0 spiro atoms. The van der Waals surface area contributed by atoms with Crippen molar-refractivity contribution in [1.82, 2.24) is 10.2 Å². The fourth-order valence-electron chi connectivity index (χ4n) is 2.82. The van der Waals surface area contributed by atoms with E-state index in [0.717, 1.165) is 31.9 Å². The molecule has 0 bridgehead atoms. The molecule has 1 aliphatic rings. The molecule has 0 saturated carbocycles. The van der Waals surface area contributed by atoms with Crippen molar-refractivity contribution in [2.24, 2.45) is 0 Å². The fraction of sp³-hybridized carbons (Fsp3) is 0.444. The lowest BCUT2D eigenvalue weighted by Crippen LogP contribution is -2.43. The second-order valence-electron chi connectivity index (χ2n) is 5.66. The summed E-state index contributed by atoms with van der Waals surface area (Å²) in [5.74, 6) is 0.982. The lowest BCUT2D eigenvalue weighted by molar-refractivity contribution is 0.226. The Bertz CT molecular complexity index is 564. The van der Waals surface area contributed by atoms with Gasteiger partial charge in [0, 0.05) is 26.2 Å². The van der Waals surface area contributed by atoms with Crippen molar-refractivity contribution in [3.8, 4) is 5.75 Å². The molecule has 1 fully saturated rings. The maximum Gasteiger partial charge on any atom is 0.119 e. The second kappa shape index (κ2) is 7.43. The van der Waals surface area contributed by atoms with Crippen LogP contribution in [0.15, 0.2) is 42.5 Å². The SMILES string of the molecule is c1ccc2cc(OCCCCN3CCNCC3)ccc2c1. The first-order valence-corrected chi connectivity index (χ1v) is 7.96. The molecule has 3 rings (SSSR count). The van der Waals surface area contributed by atoms with E-state index in [4.69, 9.17) is 4.74 Å². The number of fused-ring (bicyclic) bond motifs is 1. The highest BCUT2D eigenvalue weighted by atomic mass is 16.5. The van der Waals surface area contributed by atoms with Crippen molar-refractivity contribution < 1.29 is 4.74 Å². The molecule has 2 aromatic carbocycles. The van der Waals surface area contributed by atoms with Gasteiger partial charge in [-0.2, -0.15) is 0 Å². The van der Waals surface area contributed by atoms with Gasteiger partial charge in [0.25, 0.3) is 0 Å². The third-order valence-corrected chi connectivity index (χ3v) is 4.07. The molecule has 0 aromatic heterocycles. The Morgan fingerprint density at radius 1 is 0.952 bits per heavy atom. The Morgan fingerprint density at radius 3 is 2.62 bits per heavy atom. The summed E-state index contributed by atoms with van der Waals surface area (Å²) in [4.78, 5) is 2.53. The first-order chi connectivity index (χ1) is 10.4. The highest BCUT2D eigenvalue weighted by molar-refractivity contribution is 5.83. The molecular weight excluding hydrogens is 260 g/mol. The minimum atomic E-state index is 0.810. The molecule has 112 valence electrons. The molecule has 1 N–H and O–H groups in total. The van der Waals surface area contributed by atoms with Gasteiger partial charge in [-0.05, 0) is 42.3 Å². The number of rotatable bonds is 6. The van der Waals surface area contributed by atoms with Gasteiger partial charge in [-0.15, -0.1) is 0 Å². The predicted octanol–water partition coefficient (Wildman–Crippen LogP) is 2.90. The van der Waals surface area contributed by atoms with Crippen LogP contribution < -0.4 is 10.1 Å². The largest absolute Gasteiger partial charge is 0.494 e. The predicted molar refractivity (Wildman–Crippen MR) is 88.0 cm³/mol. The monoisotopic (exact) mass is 284 g/mol. The first-order valence-electron chi connectivity index (χ1n) is 7.96. The molecule has 0 amide bonds. The molecule has 1 saturated heterocycles. The van der Waals surface area contributed by atoms with Gasteiger partial charge in [0.05, 0.1) is 6.61 Å². The van der Waals surface area contributed by atoms with Crippen LogP contribution in [0.1, 0.15) is 12.8 Å². The molecule has 0 aliphatic carbocycles. The van der Waals surface area contributed by atoms with Gasteiger partial charge < -0.3 is 15.0 Å². The van der Waals surface area contributed by atoms with Gasteiger partial charge in [-0.25, -0.2) is 0 Å². The van der Waals surface area contributed by atoms with E-state index >= 15 is 0 Å². The highest BCUT2D eigenvalue weighted by Crippen LogP contribution is 2.20. The van der Waals surface area contributed by atoms with E-state index in [1.54, 1.807) is 0 Å². The molecule has 0 unspecified atom stereocenters. The lowest BCUT2D eigenvalue weighted by Gasteiger charge is -2.26. The molecular formula is C18H24N2O. The Balaban J connectivity index is 1.39. The number of nitrogens with zero attached hydrogens (tertiary/aromatic N) is 1. The van der Waals surface area contributed by atoms with Crippen molar-refractivity contribution in [2.75, 3.05) is 39.3 Å². The maximum absolute atomic E-state index is 5.87. The summed E-state index contributed by atoms with van der Waals surface area (Å²) in [5.41, 5.74) is 0. The molecule has 0 atom stereocenters. The minimum absolute atomic E-state index is 0.810. The van der Waals surface area contributed by atoms with E-state index in [2.05, 4.69) is 52.7 Å². The molecule has 3 heteroatoms. The summed E-state index contributed by atoms with van der Waals surface area (Å²) >= 11 is 0. The van der Waals surface area contributed by atoms with E-state index in [-0.39, 0.29) is 0 Å². The summed E-state index contributed by atoms with van der Waals surface area (Å²) in [6.45, 7) is 6.64. The van der Waals surface area contributed by atoms with E-state index in [1.807, 2.05) is 0 Å². The summed E-state index contributed by atoms with van der Waals surface area (Å²) in [5, 5.41) is 5.90. The van der Waals surface area contributed by atoms with Gasteiger partial charge in [0.2, 0.25) is 0 Å². The van der Waals surface area contributed by atoms with E-state index in [9.17, 15) is 0 Å². The van der Waals surface area contributed by atoms with Crippen molar-refractivity contribution >= 4 is 10.8 Å². The third kappa shape index (κ3) is 4.19. The zero-order valence-electron chi connectivity index (χ0n) is 12.6. The van der Waals surface area contributed by atoms with E-state index in [0.29, 0.717) is 0 Å². The summed E-state index contributed by atoms with van der Waals surface area (Å²) in [7, 11) is 0. The van der Waals surface area contributed by atoms with Gasteiger partial charge in [-0.1, -0.05) is 30.3 Å². The molecule has 21 heavy (non-hydrogen) atoms. The first kappa shape index (κ1) is 14.4. The van der Waals surface area contributed by atoms with Crippen LogP contribution in [0.2, 0.25) is 0 Å². The molecule has 1 aliphatic heterocycles. The highest BCUT2D eigenvalue weighted by Gasteiger charge is 2.08. The average Bonchev–Trinajstić information content (AvgIpc) is 2.55. The number of nitrogens with one attached hydrogen (secondary N) is 1. The normalized spacial score (nSPS) is 16.2. The van der Waals surface area contributed by atoms with Gasteiger partial charge in [0.1, 0.15) is 5.75 Å².